The highest BCUT2D eigenvalue weighted by Crippen LogP contribution is 2.34. The van der Waals surface area contributed by atoms with E-state index >= 15 is 0 Å². The smallest absolute Gasteiger partial charge is 0.416 e. The standard InChI is InChI=1S/C31H32ClF3N4O3/c1-38-9-11-39(12-10-38)20-25-4-3-21(15-27(25)31(33,34)35)16-29(40)23-7-8-28(32)22(17-23)5-6-24-18-26(19-37-30(24)36)42-14-13-41-2/h3-4,7-8,15,17-19H,9-14,16,20H2,1-2H3,(H2,36,37). The lowest BCUT2D eigenvalue weighted by molar-refractivity contribution is -0.138. The fourth-order valence-electron chi connectivity index (χ4n) is 4.48. The molecule has 0 amide bonds. The van der Waals surface area contributed by atoms with Gasteiger partial charge in [0, 0.05) is 63.4 Å². The van der Waals surface area contributed by atoms with Crippen molar-refractivity contribution in [2.75, 3.05) is 59.3 Å². The summed E-state index contributed by atoms with van der Waals surface area (Å²) in [7, 11) is 3.56. The van der Waals surface area contributed by atoms with Crippen molar-refractivity contribution in [1.29, 1.82) is 0 Å². The number of aromatic nitrogens is 1. The second kappa shape index (κ2) is 14.0. The molecule has 4 rings (SSSR count). The fraction of sp³-hybridized carbons (Fsp3) is 0.355. The molecule has 3 aromatic rings. The van der Waals surface area contributed by atoms with Gasteiger partial charge in [0.15, 0.2) is 5.78 Å². The van der Waals surface area contributed by atoms with E-state index in [-0.39, 0.29) is 41.3 Å². The normalized spacial score (nSPS) is 14.3. The average Bonchev–Trinajstić information content (AvgIpc) is 2.95. The van der Waals surface area contributed by atoms with Crippen LogP contribution in [0.2, 0.25) is 5.02 Å². The number of nitrogen functional groups attached to an aromatic ring is 1. The van der Waals surface area contributed by atoms with Crippen LogP contribution in [0, 0.1) is 11.8 Å². The summed E-state index contributed by atoms with van der Waals surface area (Å²) in [6.45, 7) is 3.95. The van der Waals surface area contributed by atoms with Gasteiger partial charge in [-0.25, -0.2) is 4.98 Å². The molecule has 0 atom stereocenters. The minimum atomic E-state index is -4.53. The Kier molecular flexibility index (Phi) is 10.5. The van der Waals surface area contributed by atoms with Gasteiger partial charge in [-0.1, -0.05) is 35.6 Å². The van der Waals surface area contributed by atoms with E-state index in [1.54, 1.807) is 19.2 Å². The molecule has 1 aliphatic rings. The molecular weight excluding hydrogens is 569 g/mol. The number of piperazine rings is 1. The van der Waals surface area contributed by atoms with E-state index in [0.29, 0.717) is 48.2 Å². The lowest BCUT2D eigenvalue weighted by atomic mass is 9.97. The molecule has 1 aliphatic heterocycles. The van der Waals surface area contributed by atoms with Crippen molar-refractivity contribution >= 4 is 23.2 Å². The third-order valence-electron chi connectivity index (χ3n) is 6.90. The first-order chi connectivity index (χ1) is 20.0. The first-order valence-electron chi connectivity index (χ1n) is 13.4. The molecule has 1 fully saturated rings. The summed E-state index contributed by atoms with van der Waals surface area (Å²) in [5, 5.41) is 0.311. The zero-order chi connectivity index (χ0) is 30.3. The van der Waals surface area contributed by atoms with E-state index in [9.17, 15) is 18.0 Å². The Morgan fingerprint density at radius 2 is 1.79 bits per heavy atom. The van der Waals surface area contributed by atoms with Crippen molar-refractivity contribution in [3.8, 4) is 17.6 Å². The summed E-state index contributed by atoms with van der Waals surface area (Å²) in [4.78, 5) is 21.4. The SMILES string of the molecule is COCCOc1cnc(N)c(C#Cc2cc(C(=O)Cc3ccc(CN4CCN(C)CC4)c(C(F)(F)F)c3)ccc2Cl)c1. The summed E-state index contributed by atoms with van der Waals surface area (Å²) < 4.78 is 52.5. The van der Waals surface area contributed by atoms with Crippen molar-refractivity contribution in [1.82, 2.24) is 14.8 Å². The number of benzene rings is 2. The Bertz CT molecular complexity index is 1480. The number of hydrogen-bond donors (Lipinski definition) is 1. The Labute approximate surface area is 248 Å². The number of anilines is 1. The Hall–Kier alpha value is -3.62. The number of rotatable bonds is 9. The molecule has 2 N–H and O–H groups in total. The molecular formula is C31H32ClF3N4O3. The summed E-state index contributed by atoms with van der Waals surface area (Å²) in [6.07, 6.45) is -3.26. The largest absolute Gasteiger partial charge is 0.490 e. The molecule has 0 radical (unpaired) electrons. The molecule has 0 unspecified atom stereocenters. The molecule has 7 nitrogen and oxygen atoms in total. The number of nitrogens with two attached hydrogens (primary N) is 1. The molecule has 11 heteroatoms. The van der Waals surface area contributed by atoms with E-state index < -0.39 is 11.7 Å². The van der Waals surface area contributed by atoms with Crippen molar-refractivity contribution in [3.05, 3.63) is 87.1 Å². The molecule has 0 bridgehead atoms. The van der Waals surface area contributed by atoms with Gasteiger partial charge in [-0.3, -0.25) is 9.69 Å². The van der Waals surface area contributed by atoms with Crippen molar-refractivity contribution in [2.45, 2.75) is 19.1 Å². The molecule has 222 valence electrons. The molecule has 2 heterocycles. The van der Waals surface area contributed by atoms with Gasteiger partial charge in [0.25, 0.3) is 0 Å². The highest BCUT2D eigenvalue weighted by Gasteiger charge is 2.34. The summed E-state index contributed by atoms with van der Waals surface area (Å²) >= 11 is 6.33. The molecule has 0 spiro atoms. The lowest BCUT2D eigenvalue weighted by Gasteiger charge is -2.33. The van der Waals surface area contributed by atoms with Crippen molar-refractivity contribution in [3.63, 3.8) is 0 Å². The van der Waals surface area contributed by atoms with Crippen molar-refractivity contribution in [2.24, 2.45) is 0 Å². The van der Waals surface area contributed by atoms with Gasteiger partial charge in [-0.05, 0) is 42.4 Å². The Morgan fingerprint density at radius 1 is 1.05 bits per heavy atom. The summed E-state index contributed by atoms with van der Waals surface area (Å²) in [5.74, 6) is 6.12. The quantitative estimate of drug-likeness (QED) is 0.212. The number of ketones is 1. The second-order valence-electron chi connectivity index (χ2n) is 10.1. The van der Waals surface area contributed by atoms with E-state index in [4.69, 9.17) is 26.8 Å². The number of pyridine rings is 1. The molecule has 1 aromatic heterocycles. The second-order valence-corrected chi connectivity index (χ2v) is 10.5. The van der Waals surface area contributed by atoms with Crippen LogP contribution >= 0.6 is 11.6 Å². The van der Waals surface area contributed by atoms with Gasteiger partial charge in [0.05, 0.1) is 29.0 Å². The molecule has 0 aliphatic carbocycles. The maximum Gasteiger partial charge on any atom is 0.416 e. The third-order valence-corrected chi connectivity index (χ3v) is 7.23. The number of alkyl halides is 3. The van der Waals surface area contributed by atoms with Crippen LogP contribution in [-0.4, -0.2) is 74.1 Å². The van der Waals surface area contributed by atoms with Gasteiger partial charge >= 0.3 is 6.18 Å². The average molecular weight is 601 g/mol. The molecule has 0 saturated carbocycles. The lowest BCUT2D eigenvalue weighted by Crippen LogP contribution is -2.44. The number of methoxy groups -OCH3 is 1. The van der Waals surface area contributed by atoms with E-state index in [0.717, 1.165) is 19.2 Å². The predicted octanol–water partition coefficient (Wildman–Crippen LogP) is 4.93. The number of halogens is 4. The number of Topliss-reactive ketones (excluding diaryl/α,β-unsaturated/α-hetero) is 1. The predicted molar refractivity (Wildman–Crippen MR) is 156 cm³/mol. The van der Waals surface area contributed by atoms with Crippen LogP contribution in [0.25, 0.3) is 0 Å². The van der Waals surface area contributed by atoms with Crippen LogP contribution in [0.1, 0.15) is 38.2 Å². The molecule has 42 heavy (non-hydrogen) atoms. The maximum atomic E-state index is 14.0. The van der Waals surface area contributed by atoms with E-state index in [1.807, 2.05) is 11.9 Å². The number of carbonyl (C=O) groups excluding carboxylic acids is 1. The van der Waals surface area contributed by atoms with Gasteiger partial charge in [-0.15, -0.1) is 0 Å². The number of nitrogens with zero attached hydrogens (tertiary/aromatic N) is 3. The zero-order valence-electron chi connectivity index (χ0n) is 23.4. The van der Waals surface area contributed by atoms with Crippen LogP contribution in [-0.2, 0) is 23.9 Å². The minimum absolute atomic E-state index is 0.196. The Balaban J connectivity index is 1.51. The zero-order valence-corrected chi connectivity index (χ0v) is 24.2. The van der Waals surface area contributed by atoms with Gasteiger partial charge in [0.1, 0.15) is 18.2 Å². The maximum absolute atomic E-state index is 14.0. The fourth-order valence-corrected chi connectivity index (χ4v) is 4.64. The minimum Gasteiger partial charge on any atom is -0.490 e. The van der Waals surface area contributed by atoms with Crippen LogP contribution in [0.5, 0.6) is 5.75 Å². The number of likely N-dealkylation sites (N-methyl/N-ethyl adjacent to an activating group) is 1. The third kappa shape index (κ3) is 8.46. The molecule has 1 saturated heterocycles. The number of hydrogen-bond acceptors (Lipinski definition) is 7. The van der Waals surface area contributed by atoms with E-state index in [1.165, 1.54) is 30.5 Å². The first-order valence-corrected chi connectivity index (χ1v) is 13.7. The summed E-state index contributed by atoms with van der Waals surface area (Å²) in [6, 6.07) is 10.4. The van der Waals surface area contributed by atoms with Crippen LogP contribution in [0.4, 0.5) is 19.0 Å². The topological polar surface area (TPSA) is 80.9 Å². The van der Waals surface area contributed by atoms with Gasteiger partial charge < -0.3 is 20.1 Å². The molecule has 2 aromatic carbocycles. The van der Waals surface area contributed by atoms with Gasteiger partial charge in [0.2, 0.25) is 0 Å². The first kappa shape index (κ1) is 31.3. The highest BCUT2D eigenvalue weighted by atomic mass is 35.5. The Morgan fingerprint density at radius 3 is 2.50 bits per heavy atom. The van der Waals surface area contributed by atoms with Crippen LogP contribution < -0.4 is 10.5 Å². The van der Waals surface area contributed by atoms with Crippen molar-refractivity contribution < 1.29 is 27.4 Å². The van der Waals surface area contributed by atoms with Crippen LogP contribution in [0.15, 0.2) is 48.7 Å². The number of carbonyl (C=O) groups is 1. The summed E-state index contributed by atoms with van der Waals surface area (Å²) in [5.41, 5.74) is 6.78. The van der Waals surface area contributed by atoms with E-state index in [2.05, 4.69) is 21.7 Å². The highest BCUT2D eigenvalue weighted by molar-refractivity contribution is 6.31. The number of ether oxygens (including phenoxy) is 2. The monoisotopic (exact) mass is 600 g/mol. The van der Waals surface area contributed by atoms with Gasteiger partial charge in [-0.2, -0.15) is 13.2 Å². The van der Waals surface area contributed by atoms with Crippen LogP contribution in [0.3, 0.4) is 0 Å².